The van der Waals surface area contributed by atoms with Gasteiger partial charge < -0.3 is 4.42 Å². The van der Waals surface area contributed by atoms with Crippen molar-refractivity contribution < 1.29 is 27.7 Å². The monoisotopic (exact) mass is 639 g/mol. The molecule has 1 heterocycles. The summed E-state index contributed by atoms with van der Waals surface area (Å²) in [5.74, 6) is 0. The molecule has 0 amide bonds. The minimum Gasteiger partial charge on any atom is -0.455 e. The Morgan fingerprint density at radius 3 is 1.69 bits per heavy atom. The van der Waals surface area contributed by atoms with E-state index in [0.29, 0.717) is 38.2 Å². The fraction of sp³-hybridized carbons (Fsp3) is 0. The number of furan rings is 1. The number of hydrogen-bond donors (Lipinski definition) is 0. The molecule has 0 bridgehead atoms. The van der Waals surface area contributed by atoms with E-state index >= 15 is 0 Å². The summed E-state index contributed by atoms with van der Waals surface area (Å²) in [6, 6.07) is 13.3. The third-order valence-electron chi connectivity index (χ3n) is 8.74. The van der Waals surface area contributed by atoms with Gasteiger partial charge in [-0.25, -0.2) is 0 Å². The smallest absolute Gasteiger partial charge is 0.143 e. The molecule has 0 unspecified atom stereocenters. The summed E-state index contributed by atoms with van der Waals surface area (Å²) in [6.07, 6.45) is 0. The second-order valence-electron chi connectivity index (χ2n) is 11.5. The van der Waals surface area contributed by atoms with Crippen LogP contribution in [0.25, 0.3) is 98.8 Å². The fourth-order valence-electron chi connectivity index (χ4n) is 6.62. The molecule has 0 atom stereocenters. The van der Waals surface area contributed by atoms with Gasteiger partial charge in [-0.3, -0.25) is 0 Å². The van der Waals surface area contributed by atoms with Gasteiger partial charge in [-0.15, -0.1) is 0 Å². The Kier molecular flexibility index (Phi) is 3.54. The van der Waals surface area contributed by atoms with Crippen LogP contribution in [0.3, 0.4) is 0 Å². The summed E-state index contributed by atoms with van der Waals surface area (Å²) in [4.78, 5) is 0. The van der Waals surface area contributed by atoms with Gasteiger partial charge in [0.15, 0.2) is 0 Å². The van der Waals surface area contributed by atoms with Crippen LogP contribution in [0.1, 0.15) is 23.3 Å². The average molecular weight is 640 g/mol. The van der Waals surface area contributed by atoms with Gasteiger partial charge in [0, 0.05) is 16.2 Å². The minimum atomic E-state index is -0.639. The van der Waals surface area contributed by atoms with E-state index in [9.17, 15) is 8.22 Å². The fourth-order valence-corrected chi connectivity index (χ4v) is 6.62. The summed E-state index contributed by atoms with van der Waals surface area (Å²) < 4.78 is 159. The van der Waals surface area contributed by atoms with Crippen LogP contribution in [0.4, 0.5) is 0 Å². The molecule has 0 spiro atoms. The van der Waals surface area contributed by atoms with E-state index in [2.05, 4.69) is 0 Å². The van der Waals surface area contributed by atoms with E-state index < -0.39 is 90.6 Å². The maximum atomic E-state index is 9.97. The largest absolute Gasteiger partial charge is 0.455 e. The molecular formula is C48H30O. The molecule has 0 aliphatic rings. The van der Waals surface area contributed by atoms with E-state index in [0.717, 1.165) is 0 Å². The van der Waals surface area contributed by atoms with E-state index in [1.807, 2.05) is 0 Å². The quantitative estimate of drug-likeness (QED) is 0.175. The number of benzene rings is 9. The molecule has 0 fully saturated rings. The van der Waals surface area contributed by atoms with Crippen molar-refractivity contribution in [3.63, 3.8) is 0 Å². The molecule has 10 rings (SSSR count). The third kappa shape index (κ3) is 4.40. The molecule has 0 N–H and O–H groups in total. The van der Waals surface area contributed by atoms with Gasteiger partial charge in [-0.2, -0.15) is 0 Å². The van der Waals surface area contributed by atoms with Crippen LogP contribution in [0.5, 0.6) is 0 Å². The van der Waals surface area contributed by atoms with Crippen LogP contribution >= 0.6 is 0 Å². The third-order valence-corrected chi connectivity index (χ3v) is 8.74. The summed E-state index contributed by atoms with van der Waals surface area (Å²) in [5.41, 5.74) is -0.0300. The Morgan fingerprint density at radius 2 is 0.980 bits per heavy atom. The highest BCUT2D eigenvalue weighted by Gasteiger charge is 2.19. The van der Waals surface area contributed by atoms with Crippen molar-refractivity contribution in [2.75, 3.05) is 0 Å². The zero-order valence-corrected chi connectivity index (χ0v) is 25.4. The standard InChI is InChI=1S/C48H30O/c1-3-13-31(14-4-1)36-26-24-34(29-43(36)32-15-5-2-6-16-32)46-38-19-9-11-21-40(38)47(41-22-12-10-20-39(41)46)35-25-28-45-44(30-35)42-27-23-33-17-7-8-18-37(33)48(42)49-45/h1-30H/i1D,3D,4D,7D,8D,13D,14D,17D,18D,23D,24D,25D,26D,27D,28D,29D,30D. The second-order valence-corrected chi connectivity index (χ2v) is 11.5. The van der Waals surface area contributed by atoms with Crippen molar-refractivity contribution in [1.82, 2.24) is 0 Å². The number of hydrogen-bond acceptors (Lipinski definition) is 1. The first-order chi connectivity index (χ1) is 31.4. The van der Waals surface area contributed by atoms with E-state index in [1.165, 1.54) is 0 Å². The van der Waals surface area contributed by atoms with E-state index in [4.69, 9.17) is 19.5 Å². The van der Waals surface area contributed by atoms with Crippen molar-refractivity contribution in [2.24, 2.45) is 0 Å². The minimum absolute atomic E-state index is 0.0122. The lowest BCUT2D eigenvalue weighted by Gasteiger charge is -2.19. The first-order valence-corrected chi connectivity index (χ1v) is 15.5. The maximum absolute atomic E-state index is 9.97. The Hall–Kier alpha value is -6.44. The molecule has 0 aliphatic heterocycles. The number of fused-ring (bicyclic) bond motifs is 7. The van der Waals surface area contributed by atoms with Crippen LogP contribution in [0.2, 0.25) is 0 Å². The van der Waals surface area contributed by atoms with Gasteiger partial charge in [0.2, 0.25) is 0 Å². The zero-order chi connectivity index (χ0) is 47.1. The van der Waals surface area contributed by atoms with Gasteiger partial charge in [0.05, 0.1) is 23.3 Å². The van der Waals surface area contributed by atoms with E-state index in [-0.39, 0.29) is 72.6 Å². The lowest BCUT2D eigenvalue weighted by molar-refractivity contribution is 0.672. The molecule has 10 aromatic rings. The molecule has 49 heavy (non-hydrogen) atoms. The van der Waals surface area contributed by atoms with Crippen LogP contribution in [-0.4, -0.2) is 0 Å². The van der Waals surface area contributed by atoms with Gasteiger partial charge in [-0.1, -0.05) is 157 Å². The van der Waals surface area contributed by atoms with Gasteiger partial charge in [0.25, 0.3) is 0 Å². The van der Waals surface area contributed by atoms with Crippen molar-refractivity contribution in [3.05, 3.63) is 182 Å². The lowest BCUT2D eigenvalue weighted by atomic mass is 9.84. The normalized spacial score (nSPS) is 16.5. The number of rotatable bonds is 4. The highest BCUT2D eigenvalue weighted by Crippen LogP contribution is 2.46. The Morgan fingerprint density at radius 1 is 0.367 bits per heavy atom. The van der Waals surface area contributed by atoms with Crippen molar-refractivity contribution in [3.8, 4) is 44.5 Å². The van der Waals surface area contributed by atoms with E-state index in [1.54, 1.807) is 78.9 Å². The summed E-state index contributed by atoms with van der Waals surface area (Å²) in [5, 5.41) is 0.959. The first kappa shape index (κ1) is 15.6. The predicted molar refractivity (Wildman–Crippen MR) is 208 cm³/mol. The van der Waals surface area contributed by atoms with Crippen LogP contribution in [0.15, 0.2) is 186 Å². The molecule has 9 aromatic carbocycles. The van der Waals surface area contributed by atoms with Gasteiger partial charge in [0.1, 0.15) is 11.2 Å². The van der Waals surface area contributed by atoms with Crippen molar-refractivity contribution in [2.45, 2.75) is 0 Å². The lowest BCUT2D eigenvalue weighted by Crippen LogP contribution is -1.92. The maximum Gasteiger partial charge on any atom is 0.143 e. The second kappa shape index (κ2) is 11.1. The molecule has 228 valence electrons. The van der Waals surface area contributed by atoms with Crippen LogP contribution < -0.4 is 0 Å². The topological polar surface area (TPSA) is 13.1 Å². The molecule has 1 heteroatoms. The average Bonchev–Trinajstić information content (AvgIpc) is 3.73. The highest BCUT2D eigenvalue weighted by atomic mass is 16.3. The van der Waals surface area contributed by atoms with Crippen LogP contribution in [0, 0.1) is 0 Å². The molecule has 1 nitrogen and oxygen atoms in total. The Labute approximate surface area is 308 Å². The zero-order valence-electron chi connectivity index (χ0n) is 42.4. The Bertz CT molecular complexity index is 3760. The molecule has 0 aliphatic carbocycles. The summed E-state index contributed by atoms with van der Waals surface area (Å²) in [7, 11) is 0. The SMILES string of the molecule is [2H]c1c([2H])c([2H])c(-c2c([2H])c([2H])c(-c3c4ccccc4c(-c4c([2H])c([2H])c5oc6c7c([2H])c([2H])c([2H])c([2H])c7c([2H])c([2H])c6c5c4[2H])c4ccccc34)c([2H])c2-c2ccccc2)c([2H])c1[2H]. The molecule has 0 radical (unpaired) electrons. The van der Waals surface area contributed by atoms with Crippen molar-refractivity contribution >= 4 is 54.3 Å². The van der Waals surface area contributed by atoms with Crippen molar-refractivity contribution in [1.29, 1.82) is 0 Å². The van der Waals surface area contributed by atoms with Crippen LogP contribution in [-0.2, 0) is 0 Å². The molecular weight excluding hydrogens is 593 g/mol. The molecule has 0 saturated carbocycles. The van der Waals surface area contributed by atoms with Gasteiger partial charge in [-0.05, 0) is 95.6 Å². The predicted octanol–water partition coefficient (Wildman–Crippen LogP) is 13.7. The Balaban J connectivity index is 1.35. The molecule has 0 saturated heterocycles. The first-order valence-electron chi connectivity index (χ1n) is 24.0. The summed E-state index contributed by atoms with van der Waals surface area (Å²) in [6.45, 7) is 0. The highest BCUT2D eigenvalue weighted by molar-refractivity contribution is 6.23. The molecule has 1 aromatic heterocycles. The van der Waals surface area contributed by atoms with Gasteiger partial charge >= 0.3 is 0 Å². The summed E-state index contributed by atoms with van der Waals surface area (Å²) >= 11 is 0.